The molecule has 2 rings (SSSR count). The van der Waals surface area contributed by atoms with Crippen LogP contribution in [-0.2, 0) is 0 Å². The van der Waals surface area contributed by atoms with Gasteiger partial charge in [0.1, 0.15) is 12.1 Å². The molecule has 0 aliphatic rings. The summed E-state index contributed by atoms with van der Waals surface area (Å²) in [5.74, 6) is 0.545. The summed E-state index contributed by atoms with van der Waals surface area (Å²) in [6.45, 7) is 6.01. The maximum atomic E-state index is 5.67. The van der Waals surface area contributed by atoms with Gasteiger partial charge in [0.05, 0.1) is 5.52 Å². The van der Waals surface area contributed by atoms with Crippen molar-refractivity contribution in [2.45, 2.75) is 20.8 Å². The molecule has 0 saturated carbocycles. The van der Waals surface area contributed by atoms with Crippen molar-refractivity contribution in [3.63, 3.8) is 0 Å². The zero-order chi connectivity index (χ0) is 10.6. The van der Waals surface area contributed by atoms with Gasteiger partial charge in [0, 0.05) is 5.39 Å². The van der Waals surface area contributed by atoms with E-state index in [2.05, 4.69) is 9.97 Å². The third-order valence-corrected chi connectivity index (χ3v) is 1.90. The van der Waals surface area contributed by atoms with Crippen molar-refractivity contribution in [3.8, 4) is 0 Å². The molecule has 1 aromatic heterocycles. The van der Waals surface area contributed by atoms with Crippen molar-refractivity contribution in [2.24, 2.45) is 0 Å². The molecule has 0 unspecified atom stereocenters. The Morgan fingerprint density at radius 1 is 1.14 bits per heavy atom. The lowest BCUT2D eigenvalue weighted by Gasteiger charge is -2.01. The minimum absolute atomic E-state index is 0.545. The molecule has 0 spiro atoms. The van der Waals surface area contributed by atoms with E-state index in [9.17, 15) is 0 Å². The predicted octanol–water partition coefficient (Wildman–Crippen LogP) is 2.55. The van der Waals surface area contributed by atoms with Gasteiger partial charge in [-0.15, -0.1) is 0 Å². The van der Waals surface area contributed by atoms with Crippen molar-refractivity contribution in [1.29, 1.82) is 0 Å². The van der Waals surface area contributed by atoms with Gasteiger partial charge in [-0.25, -0.2) is 9.97 Å². The highest BCUT2D eigenvalue weighted by Crippen LogP contribution is 2.18. The summed E-state index contributed by atoms with van der Waals surface area (Å²) < 4.78 is 0. The molecule has 1 heterocycles. The van der Waals surface area contributed by atoms with E-state index in [1.54, 1.807) is 0 Å². The number of hydrogen-bond donors (Lipinski definition) is 1. The fourth-order valence-electron chi connectivity index (χ4n) is 1.26. The maximum absolute atomic E-state index is 5.67. The molecule has 0 fully saturated rings. The van der Waals surface area contributed by atoms with Crippen LogP contribution in [0, 0.1) is 6.92 Å². The minimum Gasteiger partial charge on any atom is -0.383 e. The Balaban J connectivity index is 0.000000461. The van der Waals surface area contributed by atoms with Gasteiger partial charge in [-0.1, -0.05) is 26.0 Å². The molecule has 14 heavy (non-hydrogen) atoms. The van der Waals surface area contributed by atoms with Crippen LogP contribution in [0.2, 0.25) is 0 Å². The zero-order valence-corrected chi connectivity index (χ0v) is 8.78. The van der Waals surface area contributed by atoms with E-state index in [1.165, 1.54) is 6.33 Å². The van der Waals surface area contributed by atoms with Crippen LogP contribution in [0.5, 0.6) is 0 Å². The van der Waals surface area contributed by atoms with E-state index >= 15 is 0 Å². The third kappa shape index (κ3) is 1.82. The molecule has 3 heteroatoms. The number of aromatic nitrogens is 2. The number of nitrogens with zero attached hydrogens (tertiary/aromatic N) is 2. The molecule has 0 aliphatic carbocycles. The topological polar surface area (TPSA) is 51.8 Å². The fraction of sp³-hybridized carbons (Fsp3) is 0.273. The van der Waals surface area contributed by atoms with E-state index in [0.717, 1.165) is 16.5 Å². The highest BCUT2D eigenvalue weighted by Gasteiger charge is 2.00. The van der Waals surface area contributed by atoms with E-state index in [0.29, 0.717) is 5.82 Å². The van der Waals surface area contributed by atoms with Crippen LogP contribution in [0.3, 0.4) is 0 Å². The van der Waals surface area contributed by atoms with Crippen molar-refractivity contribution in [3.05, 3.63) is 30.1 Å². The molecule has 2 N–H and O–H groups in total. The molecule has 0 radical (unpaired) electrons. The number of anilines is 1. The van der Waals surface area contributed by atoms with Crippen LogP contribution >= 0.6 is 0 Å². The number of rotatable bonds is 0. The lowest BCUT2D eigenvalue weighted by atomic mass is 10.1. The van der Waals surface area contributed by atoms with Crippen molar-refractivity contribution in [1.82, 2.24) is 9.97 Å². The number of benzene rings is 1. The lowest BCUT2D eigenvalue weighted by Crippen LogP contribution is -1.93. The normalized spacial score (nSPS) is 9.36. The Hall–Kier alpha value is -1.64. The first kappa shape index (κ1) is 10.4. The molecule has 2 aromatic rings. The molecular weight excluding hydrogens is 174 g/mol. The second-order valence-corrected chi connectivity index (χ2v) is 2.73. The van der Waals surface area contributed by atoms with Crippen molar-refractivity contribution < 1.29 is 0 Å². The highest BCUT2D eigenvalue weighted by atomic mass is 14.9. The van der Waals surface area contributed by atoms with Gasteiger partial charge in [0.15, 0.2) is 0 Å². The van der Waals surface area contributed by atoms with E-state index < -0.39 is 0 Å². The smallest absolute Gasteiger partial charge is 0.134 e. The quantitative estimate of drug-likeness (QED) is 0.692. The number of nitrogens with two attached hydrogens (primary N) is 1. The van der Waals surface area contributed by atoms with E-state index in [1.807, 2.05) is 39.0 Å². The van der Waals surface area contributed by atoms with Gasteiger partial charge in [0.2, 0.25) is 0 Å². The van der Waals surface area contributed by atoms with Crippen LogP contribution in [0.1, 0.15) is 19.4 Å². The molecule has 1 aromatic carbocycles. The van der Waals surface area contributed by atoms with Gasteiger partial charge < -0.3 is 5.73 Å². The Kier molecular flexibility index (Phi) is 3.40. The summed E-state index contributed by atoms with van der Waals surface area (Å²) in [6, 6.07) is 5.89. The number of para-hydroxylation sites is 1. The van der Waals surface area contributed by atoms with Gasteiger partial charge in [-0.05, 0) is 18.6 Å². The highest BCUT2D eigenvalue weighted by molar-refractivity contribution is 5.89. The molecule has 0 atom stereocenters. The molecule has 74 valence electrons. The Labute approximate surface area is 84.0 Å². The molecular formula is C11H15N3. The Morgan fingerprint density at radius 2 is 1.86 bits per heavy atom. The fourth-order valence-corrected chi connectivity index (χ4v) is 1.26. The molecule has 0 saturated heterocycles. The summed E-state index contributed by atoms with van der Waals surface area (Å²) in [4.78, 5) is 8.07. The number of hydrogen-bond acceptors (Lipinski definition) is 3. The van der Waals surface area contributed by atoms with Gasteiger partial charge in [-0.2, -0.15) is 0 Å². The van der Waals surface area contributed by atoms with Crippen molar-refractivity contribution in [2.75, 3.05) is 5.73 Å². The molecule has 0 amide bonds. The summed E-state index contributed by atoms with van der Waals surface area (Å²) in [5.41, 5.74) is 7.74. The standard InChI is InChI=1S/C9H9N3.C2H6/c1-6-3-2-4-7-8(6)11-5-12-9(7)10;1-2/h2-5H,1H3,(H2,10,11,12);1-2H3. The average Bonchev–Trinajstić information content (AvgIpc) is 2.23. The average molecular weight is 189 g/mol. The summed E-state index contributed by atoms with van der Waals surface area (Å²) >= 11 is 0. The van der Waals surface area contributed by atoms with E-state index in [-0.39, 0.29) is 0 Å². The zero-order valence-electron chi connectivity index (χ0n) is 8.78. The van der Waals surface area contributed by atoms with Crippen molar-refractivity contribution >= 4 is 16.7 Å². The van der Waals surface area contributed by atoms with Crippen LogP contribution in [-0.4, -0.2) is 9.97 Å². The largest absolute Gasteiger partial charge is 0.383 e. The van der Waals surface area contributed by atoms with E-state index in [4.69, 9.17) is 5.73 Å². The predicted molar refractivity (Wildman–Crippen MR) is 60.0 cm³/mol. The summed E-state index contributed by atoms with van der Waals surface area (Å²) in [5, 5.41) is 0.928. The Bertz CT molecular complexity index is 383. The van der Waals surface area contributed by atoms with Crippen LogP contribution in [0.25, 0.3) is 10.9 Å². The number of nitrogen functional groups attached to an aromatic ring is 1. The van der Waals surface area contributed by atoms with Crippen LogP contribution in [0.4, 0.5) is 5.82 Å². The Morgan fingerprint density at radius 3 is 2.50 bits per heavy atom. The number of fused-ring (bicyclic) bond motifs is 1. The summed E-state index contributed by atoms with van der Waals surface area (Å²) in [7, 11) is 0. The minimum atomic E-state index is 0.545. The molecule has 0 aliphatic heterocycles. The monoisotopic (exact) mass is 189 g/mol. The molecule has 3 nitrogen and oxygen atoms in total. The second kappa shape index (κ2) is 4.56. The SMILES string of the molecule is CC.Cc1cccc2c(N)ncnc12. The van der Waals surface area contributed by atoms with Gasteiger partial charge in [0.25, 0.3) is 0 Å². The van der Waals surface area contributed by atoms with Crippen LogP contribution < -0.4 is 5.73 Å². The first-order valence-corrected chi connectivity index (χ1v) is 4.75. The number of aryl methyl sites for hydroxylation is 1. The van der Waals surface area contributed by atoms with Crippen LogP contribution in [0.15, 0.2) is 24.5 Å². The van der Waals surface area contributed by atoms with Gasteiger partial charge >= 0.3 is 0 Å². The first-order valence-electron chi connectivity index (χ1n) is 4.75. The lowest BCUT2D eigenvalue weighted by molar-refractivity contribution is 1.22. The second-order valence-electron chi connectivity index (χ2n) is 2.73. The van der Waals surface area contributed by atoms with Gasteiger partial charge in [-0.3, -0.25) is 0 Å². The first-order chi connectivity index (χ1) is 6.79. The summed E-state index contributed by atoms with van der Waals surface area (Å²) in [6.07, 6.45) is 1.49. The molecule has 0 bridgehead atoms. The maximum Gasteiger partial charge on any atom is 0.134 e. The third-order valence-electron chi connectivity index (χ3n) is 1.90.